The van der Waals surface area contributed by atoms with Crippen LogP contribution in [-0.2, 0) is 21.8 Å². The van der Waals surface area contributed by atoms with E-state index in [9.17, 15) is 0 Å². The molecule has 0 aliphatic carbocycles. The Hall–Kier alpha value is 0.331. The van der Waals surface area contributed by atoms with Crippen LogP contribution < -0.4 is 0 Å². The first-order valence-corrected chi connectivity index (χ1v) is 18.5. The second-order valence-electron chi connectivity index (χ2n) is 7.83. The average molecular weight is 456 g/mol. The molecule has 0 bridgehead atoms. The highest BCUT2D eigenvalue weighted by molar-refractivity contribution is 6.84. The molecular weight excluding hydrogens is 410 g/mol. The fourth-order valence-corrected chi connectivity index (χ4v) is 13.8. The van der Waals surface area contributed by atoms with Gasteiger partial charge in [0.1, 0.15) is 0 Å². The summed E-state index contributed by atoms with van der Waals surface area (Å²) >= 11 is 0. The van der Waals surface area contributed by atoms with Crippen molar-refractivity contribution in [3.63, 3.8) is 0 Å². The number of hydrogen-bond acceptors (Lipinski definition) is 8. The standard InChI is InChI=1S/C17H45N3O5Si3/c1-12-18(13-2)21-28(22-19(14-3)15-4,23-20(16-5)17-6)25-27(10,11)24-26(7,8)9/h12-17H2,1-11H3. The van der Waals surface area contributed by atoms with Crippen LogP contribution in [0.4, 0.5) is 0 Å². The molecule has 0 radical (unpaired) electrons. The number of hydroxylamine groups is 6. The third-order valence-electron chi connectivity index (χ3n) is 3.76. The van der Waals surface area contributed by atoms with E-state index in [4.69, 9.17) is 21.8 Å². The van der Waals surface area contributed by atoms with Crippen molar-refractivity contribution in [2.45, 2.75) is 74.3 Å². The van der Waals surface area contributed by atoms with Crippen LogP contribution in [0.3, 0.4) is 0 Å². The van der Waals surface area contributed by atoms with Crippen LogP contribution >= 0.6 is 0 Å². The summed E-state index contributed by atoms with van der Waals surface area (Å²) in [5.41, 5.74) is 0. The van der Waals surface area contributed by atoms with Gasteiger partial charge in [-0.1, -0.05) is 41.5 Å². The maximum absolute atomic E-state index is 6.60. The summed E-state index contributed by atoms with van der Waals surface area (Å²) < 4.78 is 32.1. The van der Waals surface area contributed by atoms with Gasteiger partial charge in [0.2, 0.25) is 0 Å². The van der Waals surface area contributed by atoms with Crippen molar-refractivity contribution in [3.8, 4) is 0 Å². The summed E-state index contributed by atoms with van der Waals surface area (Å²) in [6, 6.07) is 0. The Morgan fingerprint density at radius 2 is 0.786 bits per heavy atom. The van der Waals surface area contributed by atoms with E-state index >= 15 is 0 Å². The topological polar surface area (TPSA) is 55.9 Å². The van der Waals surface area contributed by atoms with Crippen molar-refractivity contribution in [3.05, 3.63) is 0 Å². The molecule has 0 aromatic carbocycles. The van der Waals surface area contributed by atoms with Crippen LogP contribution in [0.1, 0.15) is 41.5 Å². The second kappa shape index (κ2) is 12.9. The van der Waals surface area contributed by atoms with Gasteiger partial charge in [0.25, 0.3) is 0 Å². The van der Waals surface area contributed by atoms with Gasteiger partial charge in [-0.05, 0) is 32.7 Å². The monoisotopic (exact) mass is 455 g/mol. The smallest absolute Gasteiger partial charge is 0.437 e. The number of hydrogen-bond donors (Lipinski definition) is 0. The lowest BCUT2D eigenvalue weighted by Gasteiger charge is -2.41. The largest absolute Gasteiger partial charge is 0.723 e. The van der Waals surface area contributed by atoms with Gasteiger partial charge in [-0.3, -0.25) is 13.6 Å². The predicted molar refractivity (Wildman–Crippen MR) is 121 cm³/mol. The Morgan fingerprint density at radius 1 is 0.500 bits per heavy atom. The molecule has 0 rings (SSSR count). The summed E-state index contributed by atoms with van der Waals surface area (Å²) in [6.07, 6.45) is 0. The lowest BCUT2D eigenvalue weighted by atomic mass is 10.6. The molecule has 0 aliphatic heterocycles. The van der Waals surface area contributed by atoms with Gasteiger partial charge in [-0.15, -0.1) is 0 Å². The minimum atomic E-state index is -3.61. The highest BCUT2D eigenvalue weighted by Gasteiger charge is 2.57. The van der Waals surface area contributed by atoms with Gasteiger partial charge in [-0.2, -0.15) is 15.2 Å². The van der Waals surface area contributed by atoms with E-state index in [-0.39, 0.29) is 0 Å². The summed E-state index contributed by atoms with van der Waals surface area (Å²) in [7, 11) is -8.00. The lowest BCUT2D eigenvalue weighted by molar-refractivity contribution is -0.250. The molecule has 0 aliphatic rings. The molecule has 0 aromatic heterocycles. The van der Waals surface area contributed by atoms with E-state index in [0.717, 1.165) is 0 Å². The van der Waals surface area contributed by atoms with Crippen LogP contribution in [0, 0.1) is 0 Å². The van der Waals surface area contributed by atoms with Crippen LogP contribution in [0.2, 0.25) is 32.7 Å². The van der Waals surface area contributed by atoms with Crippen molar-refractivity contribution in [1.82, 2.24) is 15.2 Å². The zero-order valence-electron chi connectivity index (χ0n) is 20.1. The van der Waals surface area contributed by atoms with Gasteiger partial charge >= 0.3 is 17.6 Å². The molecule has 0 fully saturated rings. The third kappa shape index (κ3) is 10.9. The molecule has 0 saturated carbocycles. The van der Waals surface area contributed by atoms with Crippen molar-refractivity contribution < 1.29 is 21.8 Å². The van der Waals surface area contributed by atoms with Gasteiger partial charge < -0.3 is 8.23 Å². The van der Waals surface area contributed by atoms with Crippen molar-refractivity contribution in [2.75, 3.05) is 39.3 Å². The second-order valence-corrected chi connectivity index (χ2v) is 18.0. The number of nitrogens with zero attached hydrogens (tertiary/aromatic N) is 3. The van der Waals surface area contributed by atoms with Gasteiger partial charge in [0.05, 0.1) is 0 Å². The highest BCUT2D eigenvalue weighted by Crippen LogP contribution is 2.25. The Labute approximate surface area is 176 Å². The van der Waals surface area contributed by atoms with Gasteiger partial charge in [0.15, 0.2) is 8.32 Å². The highest BCUT2D eigenvalue weighted by atomic mass is 28.5. The maximum Gasteiger partial charge on any atom is 0.723 e. The first-order valence-electron chi connectivity index (χ1n) is 10.6. The number of rotatable bonds is 16. The molecule has 0 N–H and O–H groups in total. The predicted octanol–water partition coefficient (Wildman–Crippen LogP) is 3.81. The van der Waals surface area contributed by atoms with Crippen molar-refractivity contribution >= 4 is 25.9 Å². The molecule has 0 unspecified atom stereocenters. The Balaban J connectivity index is 6.02. The molecule has 0 aromatic rings. The SMILES string of the molecule is CCN(CC)O[Si](ON(CC)CC)(ON(CC)CC)O[Si](C)(C)O[Si](C)(C)C. The fraction of sp³-hybridized carbons (Fsp3) is 1.00. The van der Waals surface area contributed by atoms with Crippen LogP contribution in [-0.4, -0.2) is 80.4 Å². The Kier molecular flexibility index (Phi) is 13.0. The zero-order valence-corrected chi connectivity index (χ0v) is 23.1. The van der Waals surface area contributed by atoms with E-state index in [2.05, 4.69) is 19.6 Å². The molecule has 170 valence electrons. The van der Waals surface area contributed by atoms with Gasteiger partial charge in [-0.25, -0.2) is 0 Å². The molecule has 0 spiro atoms. The molecule has 0 atom stereocenters. The maximum atomic E-state index is 6.60. The molecule has 0 saturated heterocycles. The molecular formula is C17H45N3O5Si3. The average Bonchev–Trinajstić information content (AvgIpc) is 2.59. The van der Waals surface area contributed by atoms with Crippen molar-refractivity contribution in [2.24, 2.45) is 0 Å². The Bertz CT molecular complexity index is 379. The van der Waals surface area contributed by atoms with Crippen LogP contribution in [0.5, 0.6) is 0 Å². The molecule has 8 nitrogen and oxygen atoms in total. The van der Waals surface area contributed by atoms with E-state index < -0.39 is 25.9 Å². The molecule has 11 heteroatoms. The van der Waals surface area contributed by atoms with Crippen molar-refractivity contribution in [1.29, 1.82) is 0 Å². The van der Waals surface area contributed by atoms with Crippen LogP contribution in [0.15, 0.2) is 0 Å². The molecule has 0 amide bonds. The quantitative estimate of drug-likeness (QED) is 0.257. The summed E-state index contributed by atoms with van der Waals surface area (Å²) in [6.45, 7) is 27.0. The summed E-state index contributed by atoms with van der Waals surface area (Å²) in [4.78, 5) is 0. The third-order valence-corrected chi connectivity index (χ3v) is 12.6. The minimum absolute atomic E-state index is 0.703. The van der Waals surface area contributed by atoms with E-state index in [1.165, 1.54) is 0 Å². The van der Waals surface area contributed by atoms with Gasteiger partial charge in [0, 0.05) is 39.3 Å². The first-order chi connectivity index (χ1) is 12.9. The fourth-order valence-electron chi connectivity index (χ4n) is 2.70. The minimum Gasteiger partial charge on any atom is -0.437 e. The Morgan fingerprint density at radius 3 is 1.00 bits per heavy atom. The van der Waals surface area contributed by atoms with E-state index in [1.54, 1.807) is 0 Å². The molecule has 28 heavy (non-hydrogen) atoms. The normalized spacial score (nSPS) is 13.9. The summed E-state index contributed by atoms with van der Waals surface area (Å²) in [5.74, 6) is 0. The van der Waals surface area contributed by atoms with E-state index in [1.807, 2.05) is 69.8 Å². The first kappa shape index (κ1) is 28.3. The lowest BCUT2D eigenvalue weighted by Crippen LogP contribution is -2.64. The molecule has 0 heterocycles. The summed E-state index contributed by atoms with van der Waals surface area (Å²) in [5, 5.41) is 5.49. The van der Waals surface area contributed by atoms with E-state index in [0.29, 0.717) is 39.3 Å². The zero-order chi connectivity index (χ0) is 22.0. The van der Waals surface area contributed by atoms with Crippen LogP contribution in [0.25, 0.3) is 0 Å².